The number of carbonyl (C=O) groups excluding carboxylic acids is 1. The number of aromatic amines is 1. The second kappa shape index (κ2) is 8.35. The van der Waals surface area contributed by atoms with Crippen molar-refractivity contribution >= 4 is 29.1 Å². The van der Waals surface area contributed by atoms with Gasteiger partial charge in [0, 0.05) is 13.0 Å². The largest absolute Gasteiger partial charge is 0.356 e. The summed E-state index contributed by atoms with van der Waals surface area (Å²) in [5, 5.41) is 5.89. The molecule has 1 aromatic carbocycles. The standard InChI is InChI=1S/C14H18N4O3.ClH/c15-7-3-8-16-12(19)6-9-18-14(21)11-5-2-1-4-10(11)13(20)17-18;/h1-2,4-5H,3,6-9,15H2,(H,16,19)(H,17,20);1H. The number of nitrogens with zero attached hydrogens (tertiary/aromatic N) is 1. The molecular weight excluding hydrogens is 308 g/mol. The third-order valence-electron chi connectivity index (χ3n) is 3.15. The van der Waals surface area contributed by atoms with Crippen molar-refractivity contribution in [1.29, 1.82) is 0 Å². The zero-order valence-electron chi connectivity index (χ0n) is 12.0. The molecule has 120 valence electrons. The summed E-state index contributed by atoms with van der Waals surface area (Å²) in [6.07, 6.45) is 0.831. The first-order chi connectivity index (χ1) is 10.1. The maximum absolute atomic E-state index is 12.2. The topological polar surface area (TPSA) is 110 Å². The van der Waals surface area contributed by atoms with Crippen molar-refractivity contribution in [2.45, 2.75) is 19.4 Å². The number of nitrogens with two attached hydrogens (primary N) is 1. The van der Waals surface area contributed by atoms with E-state index in [1.165, 1.54) is 4.68 Å². The SMILES string of the molecule is Cl.NCCCNC(=O)CCn1[nH]c(=O)c2ccccc2c1=O. The summed E-state index contributed by atoms with van der Waals surface area (Å²) in [5.74, 6) is -0.177. The third-order valence-corrected chi connectivity index (χ3v) is 3.15. The molecule has 4 N–H and O–H groups in total. The molecule has 0 atom stereocenters. The van der Waals surface area contributed by atoms with Gasteiger partial charge in [0.05, 0.1) is 17.3 Å². The van der Waals surface area contributed by atoms with E-state index in [4.69, 9.17) is 5.73 Å². The number of aromatic nitrogens is 2. The third kappa shape index (κ3) is 4.19. The fourth-order valence-electron chi connectivity index (χ4n) is 2.04. The Balaban J connectivity index is 0.00000242. The van der Waals surface area contributed by atoms with Gasteiger partial charge in [0.2, 0.25) is 5.91 Å². The summed E-state index contributed by atoms with van der Waals surface area (Å²) < 4.78 is 1.17. The molecule has 2 rings (SSSR count). The number of benzene rings is 1. The lowest BCUT2D eigenvalue weighted by molar-refractivity contribution is -0.121. The summed E-state index contributed by atoms with van der Waals surface area (Å²) in [6, 6.07) is 6.60. The van der Waals surface area contributed by atoms with Gasteiger partial charge in [-0.05, 0) is 25.1 Å². The molecule has 8 heteroatoms. The van der Waals surface area contributed by atoms with Crippen LogP contribution in [-0.4, -0.2) is 28.8 Å². The average Bonchev–Trinajstić information content (AvgIpc) is 2.50. The van der Waals surface area contributed by atoms with E-state index < -0.39 is 0 Å². The average molecular weight is 327 g/mol. The Kier molecular flexibility index (Phi) is 6.81. The lowest BCUT2D eigenvalue weighted by atomic mass is 10.2. The fourth-order valence-corrected chi connectivity index (χ4v) is 2.04. The van der Waals surface area contributed by atoms with E-state index in [0.717, 1.165) is 0 Å². The highest BCUT2D eigenvalue weighted by molar-refractivity contribution is 5.85. The molecule has 1 heterocycles. The van der Waals surface area contributed by atoms with Crippen LogP contribution < -0.4 is 22.2 Å². The summed E-state index contributed by atoms with van der Waals surface area (Å²) in [5.41, 5.74) is 4.69. The number of H-pyrrole nitrogens is 1. The van der Waals surface area contributed by atoms with E-state index in [0.29, 0.717) is 30.3 Å². The molecule has 0 unspecified atom stereocenters. The molecule has 0 aliphatic heterocycles. The van der Waals surface area contributed by atoms with Crippen LogP contribution in [0.5, 0.6) is 0 Å². The highest BCUT2D eigenvalue weighted by Gasteiger charge is 2.08. The first kappa shape index (κ1) is 17.9. The predicted octanol–water partition coefficient (Wildman–Crippen LogP) is -0.0333. The van der Waals surface area contributed by atoms with Crippen molar-refractivity contribution < 1.29 is 4.79 Å². The van der Waals surface area contributed by atoms with E-state index in [9.17, 15) is 14.4 Å². The van der Waals surface area contributed by atoms with Crippen LogP contribution in [-0.2, 0) is 11.3 Å². The Morgan fingerprint density at radius 3 is 2.59 bits per heavy atom. The molecule has 1 aromatic heterocycles. The van der Waals surface area contributed by atoms with E-state index in [2.05, 4.69) is 10.4 Å². The summed E-state index contributed by atoms with van der Waals surface area (Å²) in [6.45, 7) is 1.16. The molecule has 7 nitrogen and oxygen atoms in total. The fraction of sp³-hybridized carbons (Fsp3) is 0.357. The van der Waals surface area contributed by atoms with E-state index in [1.54, 1.807) is 24.3 Å². The summed E-state index contributed by atoms with van der Waals surface area (Å²) >= 11 is 0. The van der Waals surface area contributed by atoms with Crippen molar-refractivity contribution in [2.24, 2.45) is 5.73 Å². The van der Waals surface area contributed by atoms with E-state index in [1.807, 2.05) is 0 Å². The maximum atomic E-state index is 12.2. The van der Waals surface area contributed by atoms with Crippen LogP contribution in [0, 0.1) is 0 Å². The highest BCUT2D eigenvalue weighted by Crippen LogP contribution is 2.02. The minimum atomic E-state index is -0.339. The zero-order chi connectivity index (χ0) is 15.2. The second-order valence-corrected chi connectivity index (χ2v) is 4.69. The molecule has 0 spiro atoms. The van der Waals surface area contributed by atoms with Crippen molar-refractivity contribution in [2.75, 3.05) is 13.1 Å². The summed E-state index contributed by atoms with van der Waals surface area (Å²) in [7, 11) is 0. The molecule has 0 saturated carbocycles. The molecule has 0 aliphatic rings. The molecule has 0 bridgehead atoms. The molecule has 0 fully saturated rings. The van der Waals surface area contributed by atoms with Gasteiger partial charge in [-0.2, -0.15) is 0 Å². The quantitative estimate of drug-likeness (QED) is 0.647. The molecule has 0 aliphatic carbocycles. The van der Waals surface area contributed by atoms with Gasteiger partial charge in [0.1, 0.15) is 0 Å². The monoisotopic (exact) mass is 326 g/mol. The number of halogens is 1. The van der Waals surface area contributed by atoms with Crippen LogP contribution in [0.15, 0.2) is 33.9 Å². The van der Waals surface area contributed by atoms with Crippen LogP contribution in [0.25, 0.3) is 10.8 Å². The Bertz CT molecular complexity index is 754. The first-order valence-corrected chi connectivity index (χ1v) is 6.82. The Labute approximate surface area is 132 Å². The molecule has 1 amide bonds. The minimum absolute atomic E-state index is 0. The van der Waals surface area contributed by atoms with Crippen LogP contribution in [0.2, 0.25) is 0 Å². The highest BCUT2D eigenvalue weighted by atomic mass is 35.5. The predicted molar refractivity (Wildman–Crippen MR) is 87.4 cm³/mol. The van der Waals surface area contributed by atoms with E-state index >= 15 is 0 Å². The lowest BCUT2D eigenvalue weighted by Gasteiger charge is -2.07. The van der Waals surface area contributed by atoms with Gasteiger partial charge in [0.25, 0.3) is 11.1 Å². The Morgan fingerprint density at radius 2 is 1.91 bits per heavy atom. The Hall–Kier alpha value is -2.12. The Morgan fingerprint density at radius 1 is 1.23 bits per heavy atom. The minimum Gasteiger partial charge on any atom is -0.356 e. The molecule has 22 heavy (non-hydrogen) atoms. The van der Waals surface area contributed by atoms with Crippen LogP contribution in [0.1, 0.15) is 12.8 Å². The van der Waals surface area contributed by atoms with Crippen LogP contribution >= 0.6 is 12.4 Å². The van der Waals surface area contributed by atoms with Crippen molar-refractivity contribution in [1.82, 2.24) is 15.1 Å². The van der Waals surface area contributed by atoms with Crippen molar-refractivity contribution in [3.05, 3.63) is 45.0 Å². The number of nitrogens with one attached hydrogen (secondary N) is 2. The van der Waals surface area contributed by atoms with Gasteiger partial charge in [-0.1, -0.05) is 12.1 Å². The van der Waals surface area contributed by atoms with Crippen molar-refractivity contribution in [3.63, 3.8) is 0 Å². The normalized spacial score (nSPS) is 10.2. The number of hydrogen-bond acceptors (Lipinski definition) is 4. The number of rotatable bonds is 6. The van der Waals surface area contributed by atoms with Gasteiger partial charge in [0.15, 0.2) is 0 Å². The zero-order valence-corrected chi connectivity index (χ0v) is 12.8. The lowest BCUT2D eigenvalue weighted by Crippen LogP contribution is -2.33. The number of amides is 1. The first-order valence-electron chi connectivity index (χ1n) is 6.82. The summed E-state index contributed by atoms with van der Waals surface area (Å²) in [4.78, 5) is 35.7. The second-order valence-electron chi connectivity index (χ2n) is 4.69. The number of aryl methyl sites for hydroxylation is 1. The molecule has 0 saturated heterocycles. The number of hydrogen-bond donors (Lipinski definition) is 3. The van der Waals surface area contributed by atoms with Crippen molar-refractivity contribution in [3.8, 4) is 0 Å². The van der Waals surface area contributed by atoms with Gasteiger partial charge in [-0.25, -0.2) is 4.68 Å². The number of fused-ring (bicyclic) bond motifs is 1. The molecule has 2 aromatic rings. The van der Waals surface area contributed by atoms with Gasteiger partial charge < -0.3 is 11.1 Å². The van der Waals surface area contributed by atoms with Gasteiger partial charge in [-0.3, -0.25) is 19.5 Å². The van der Waals surface area contributed by atoms with E-state index in [-0.39, 0.29) is 42.4 Å². The van der Waals surface area contributed by atoms with Crippen LogP contribution in [0.3, 0.4) is 0 Å². The molecular formula is C14H19ClN4O3. The van der Waals surface area contributed by atoms with Gasteiger partial charge in [-0.15, -0.1) is 12.4 Å². The van der Waals surface area contributed by atoms with Gasteiger partial charge >= 0.3 is 0 Å². The smallest absolute Gasteiger partial charge is 0.273 e. The molecule has 0 radical (unpaired) electrons. The number of carbonyl (C=O) groups is 1. The maximum Gasteiger partial charge on any atom is 0.273 e. The van der Waals surface area contributed by atoms with Crippen LogP contribution in [0.4, 0.5) is 0 Å².